The minimum atomic E-state index is 0.914. The number of nitrogens with zero attached hydrogens (tertiary/aromatic N) is 1. The molecule has 0 aliphatic carbocycles. The maximum absolute atomic E-state index is 4.81. The summed E-state index contributed by atoms with van der Waals surface area (Å²) >= 11 is 1.69. The number of nitrogens with one attached hydrogen (secondary N) is 1. The zero-order valence-electron chi connectivity index (χ0n) is 10.7. The molecule has 2 nitrogen and oxygen atoms in total. The van der Waals surface area contributed by atoms with Gasteiger partial charge in [-0.2, -0.15) is 0 Å². The molecular weight excluding hydrogens is 264 g/mol. The van der Waals surface area contributed by atoms with Gasteiger partial charge in [-0.25, -0.2) is 4.99 Å². The van der Waals surface area contributed by atoms with E-state index in [0.29, 0.717) is 0 Å². The highest BCUT2D eigenvalue weighted by Gasteiger charge is 2.16. The van der Waals surface area contributed by atoms with E-state index in [1.807, 2.05) is 18.2 Å². The second kappa shape index (κ2) is 4.62. The highest BCUT2D eigenvalue weighted by molar-refractivity contribution is 7.12. The molecule has 0 saturated carbocycles. The van der Waals surface area contributed by atoms with Crippen molar-refractivity contribution in [3.63, 3.8) is 0 Å². The van der Waals surface area contributed by atoms with Crippen LogP contribution in [0.2, 0.25) is 0 Å². The summed E-state index contributed by atoms with van der Waals surface area (Å²) in [6, 6.07) is 20.8. The number of amidine groups is 1. The van der Waals surface area contributed by atoms with E-state index in [1.54, 1.807) is 11.3 Å². The van der Waals surface area contributed by atoms with Crippen LogP contribution < -0.4 is 5.32 Å². The SMILES string of the molecule is c1csc(C2=Nc3ccccc3-c3ccccc3N2)c1. The second-order valence-electron chi connectivity index (χ2n) is 4.63. The third-order valence-corrected chi connectivity index (χ3v) is 4.24. The van der Waals surface area contributed by atoms with Gasteiger partial charge in [-0.1, -0.05) is 42.5 Å². The van der Waals surface area contributed by atoms with Gasteiger partial charge >= 0.3 is 0 Å². The van der Waals surface area contributed by atoms with Gasteiger partial charge in [0.2, 0.25) is 0 Å². The molecule has 4 rings (SSSR count). The summed E-state index contributed by atoms with van der Waals surface area (Å²) in [5, 5.41) is 5.54. The summed E-state index contributed by atoms with van der Waals surface area (Å²) in [5.41, 5.74) is 4.47. The Balaban J connectivity index is 1.98. The molecule has 0 radical (unpaired) electrons. The van der Waals surface area contributed by atoms with Crippen molar-refractivity contribution in [3.8, 4) is 11.1 Å². The van der Waals surface area contributed by atoms with E-state index in [-0.39, 0.29) is 0 Å². The molecule has 1 N–H and O–H groups in total. The second-order valence-corrected chi connectivity index (χ2v) is 5.57. The Bertz CT molecular complexity index is 788. The zero-order valence-corrected chi connectivity index (χ0v) is 11.5. The van der Waals surface area contributed by atoms with Crippen molar-refractivity contribution in [1.82, 2.24) is 0 Å². The Morgan fingerprint density at radius 3 is 2.45 bits per heavy atom. The fraction of sp³-hybridized carbons (Fsp3) is 0. The van der Waals surface area contributed by atoms with E-state index < -0.39 is 0 Å². The molecule has 0 unspecified atom stereocenters. The minimum Gasteiger partial charge on any atom is -0.339 e. The van der Waals surface area contributed by atoms with Gasteiger partial charge < -0.3 is 5.32 Å². The number of anilines is 1. The molecule has 3 aromatic rings. The molecule has 1 aromatic heterocycles. The van der Waals surface area contributed by atoms with Crippen LogP contribution in [0.1, 0.15) is 4.88 Å². The van der Waals surface area contributed by atoms with Crippen molar-refractivity contribution in [2.45, 2.75) is 0 Å². The van der Waals surface area contributed by atoms with Crippen LogP contribution in [-0.2, 0) is 0 Å². The average molecular weight is 276 g/mol. The lowest BCUT2D eigenvalue weighted by molar-refractivity contribution is 1.52. The normalized spacial score (nSPS) is 12.7. The highest BCUT2D eigenvalue weighted by atomic mass is 32.1. The van der Waals surface area contributed by atoms with Crippen molar-refractivity contribution in [2.75, 3.05) is 5.32 Å². The highest BCUT2D eigenvalue weighted by Crippen LogP contribution is 2.38. The van der Waals surface area contributed by atoms with Crippen LogP contribution >= 0.6 is 11.3 Å². The minimum absolute atomic E-state index is 0.914. The fourth-order valence-corrected chi connectivity index (χ4v) is 3.10. The number of hydrogen-bond donors (Lipinski definition) is 1. The average Bonchev–Trinajstić information content (AvgIpc) is 2.97. The molecule has 0 fully saturated rings. The molecule has 0 atom stereocenters. The summed E-state index contributed by atoms with van der Waals surface area (Å²) in [6.07, 6.45) is 0. The molecule has 20 heavy (non-hydrogen) atoms. The van der Waals surface area contributed by atoms with Gasteiger partial charge in [0.25, 0.3) is 0 Å². The van der Waals surface area contributed by atoms with Gasteiger partial charge in [0, 0.05) is 16.8 Å². The number of para-hydroxylation sites is 2. The fourth-order valence-electron chi connectivity index (χ4n) is 2.43. The molecule has 96 valence electrons. The third-order valence-electron chi connectivity index (χ3n) is 3.36. The molecule has 1 aliphatic rings. The van der Waals surface area contributed by atoms with Crippen LogP contribution in [0.3, 0.4) is 0 Å². The third kappa shape index (κ3) is 1.84. The van der Waals surface area contributed by atoms with E-state index in [0.717, 1.165) is 22.1 Å². The molecule has 2 heterocycles. The molecule has 1 aliphatic heterocycles. The number of thiophene rings is 1. The smallest absolute Gasteiger partial charge is 0.148 e. The van der Waals surface area contributed by atoms with Gasteiger partial charge in [0.05, 0.1) is 10.6 Å². The predicted molar refractivity (Wildman–Crippen MR) is 86.0 cm³/mol. The number of rotatable bonds is 1. The van der Waals surface area contributed by atoms with Gasteiger partial charge in [-0.3, -0.25) is 0 Å². The lowest BCUT2D eigenvalue weighted by Crippen LogP contribution is -2.11. The maximum Gasteiger partial charge on any atom is 0.148 e. The Labute approximate surface area is 121 Å². The van der Waals surface area contributed by atoms with Gasteiger partial charge in [-0.05, 0) is 23.6 Å². The van der Waals surface area contributed by atoms with Gasteiger partial charge in [0.15, 0.2) is 0 Å². The Morgan fingerprint density at radius 1 is 0.800 bits per heavy atom. The standard InChI is InChI=1S/C17H12N2S/c1-3-8-14-12(6-1)13-7-2-4-9-15(13)19-17(18-14)16-10-5-11-20-16/h1-11H,(H,18,19). The first-order valence-electron chi connectivity index (χ1n) is 6.50. The lowest BCUT2D eigenvalue weighted by atomic mass is 10.0. The van der Waals surface area contributed by atoms with Crippen molar-refractivity contribution in [1.29, 1.82) is 0 Å². The van der Waals surface area contributed by atoms with Gasteiger partial charge in [0.1, 0.15) is 5.84 Å². The number of benzene rings is 2. The van der Waals surface area contributed by atoms with Crippen molar-refractivity contribution in [3.05, 3.63) is 70.9 Å². The number of fused-ring (bicyclic) bond motifs is 3. The van der Waals surface area contributed by atoms with Crippen LogP contribution in [0.15, 0.2) is 71.0 Å². The van der Waals surface area contributed by atoms with E-state index >= 15 is 0 Å². The molecule has 0 saturated heterocycles. The van der Waals surface area contributed by atoms with Crippen LogP contribution in [-0.4, -0.2) is 5.84 Å². The van der Waals surface area contributed by atoms with E-state index in [2.05, 4.69) is 53.2 Å². The van der Waals surface area contributed by atoms with Crippen molar-refractivity contribution < 1.29 is 0 Å². The first kappa shape index (κ1) is 11.4. The quantitative estimate of drug-likeness (QED) is 0.670. The molecular formula is C17H12N2S. The molecule has 0 amide bonds. The summed E-state index contributed by atoms with van der Waals surface area (Å²) < 4.78 is 0. The topological polar surface area (TPSA) is 24.4 Å². The first-order chi connectivity index (χ1) is 9.92. The maximum atomic E-state index is 4.81. The molecule has 2 aromatic carbocycles. The molecule has 3 heteroatoms. The number of hydrogen-bond acceptors (Lipinski definition) is 3. The van der Waals surface area contributed by atoms with E-state index in [4.69, 9.17) is 4.99 Å². The lowest BCUT2D eigenvalue weighted by Gasteiger charge is -2.09. The molecule has 0 spiro atoms. The van der Waals surface area contributed by atoms with E-state index in [1.165, 1.54) is 11.1 Å². The Morgan fingerprint density at radius 2 is 1.60 bits per heavy atom. The summed E-state index contributed by atoms with van der Waals surface area (Å²) in [7, 11) is 0. The van der Waals surface area contributed by atoms with Crippen molar-refractivity contribution >= 4 is 28.5 Å². The van der Waals surface area contributed by atoms with Crippen LogP contribution in [0.4, 0.5) is 11.4 Å². The first-order valence-corrected chi connectivity index (χ1v) is 7.38. The van der Waals surface area contributed by atoms with Crippen LogP contribution in [0, 0.1) is 0 Å². The summed E-state index contributed by atoms with van der Waals surface area (Å²) in [4.78, 5) is 5.96. The molecule has 0 bridgehead atoms. The Kier molecular flexibility index (Phi) is 2.64. The van der Waals surface area contributed by atoms with Crippen LogP contribution in [0.25, 0.3) is 11.1 Å². The monoisotopic (exact) mass is 276 g/mol. The predicted octanol–water partition coefficient (Wildman–Crippen LogP) is 4.92. The Hall–Kier alpha value is -2.39. The summed E-state index contributed by atoms with van der Waals surface area (Å²) in [5.74, 6) is 0.914. The summed E-state index contributed by atoms with van der Waals surface area (Å²) in [6.45, 7) is 0. The van der Waals surface area contributed by atoms with Crippen LogP contribution in [0.5, 0.6) is 0 Å². The van der Waals surface area contributed by atoms with Gasteiger partial charge in [-0.15, -0.1) is 11.3 Å². The van der Waals surface area contributed by atoms with Crippen molar-refractivity contribution in [2.24, 2.45) is 4.99 Å². The van der Waals surface area contributed by atoms with E-state index in [9.17, 15) is 0 Å². The zero-order chi connectivity index (χ0) is 13.4. The largest absolute Gasteiger partial charge is 0.339 e. The number of aliphatic imine (C=N–C) groups is 1.